The van der Waals surface area contributed by atoms with Crippen molar-refractivity contribution in [3.8, 4) is 0 Å². The molecule has 3 rings (SSSR count). The maximum atomic E-state index is 12.0. The fraction of sp³-hybridized carbons (Fsp3) is 0.308. The Morgan fingerprint density at radius 3 is 2.37 bits per heavy atom. The van der Waals surface area contributed by atoms with E-state index >= 15 is 0 Å². The molecule has 0 unspecified atom stereocenters. The first-order chi connectivity index (χ1) is 9.18. The molecule has 2 aliphatic heterocycles. The summed E-state index contributed by atoms with van der Waals surface area (Å²) in [4.78, 5) is 36.0. The Bertz CT molecular complexity index is 529. The van der Waals surface area contributed by atoms with Crippen molar-refractivity contribution in [1.82, 2.24) is 15.8 Å². The molecule has 3 amide bonds. The van der Waals surface area contributed by atoms with Crippen molar-refractivity contribution in [1.29, 1.82) is 0 Å². The van der Waals surface area contributed by atoms with E-state index in [9.17, 15) is 14.4 Å². The van der Waals surface area contributed by atoms with E-state index in [1.54, 1.807) is 24.3 Å². The normalized spacial score (nSPS) is 21.7. The predicted octanol–water partition coefficient (Wildman–Crippen LogP) is 0.0658. The SMILES string of the molecule is O=C(NN1C(=O)c2ccccc2C1=O)[C@@H]1CCCN1. The van der Waals surface area contributed by atoms with Gasteiger partial charge in [0.05, 0.1) is 17.2 Å². The topological polar surface area (TPSA) is 78.5 Å². The Kier molecular flexibility index (Phi) is 2.79. The van der Waals surface area contributed by atoms with Crippen molar-refractivity contribution in [3.63, 3.8) is 0 Å². The summed E-state index contributed by atoms with van der Waals surface area (Å²) in [6.45, 7) is 0.778. The minimum absolute atomic E-state index is 0.326. The molecule has 1 aromatic rings. The van der Waals surface area contributed by atoms with Gasteiger partial charge >= 0.3 is 0 Å². The molecule has 1 saturated heterocycles. The van der Waals surface area contributed by atoms with Crippen molar-refractivity contribution in [2.45, 2.75) is 18.9 Å². The number of amides is 3. The number of hydrazine groups is 1. The van der Waals surface area contributed by atoms with Gasteiger partial charge in [0.2, 0.25) is 0 Å². The lowest BCUT2D eigenvalue weighted by Gasteiger charge is -2.17. The van der Waals surface area contributed by atoms with E-state index < -0.39 is 11.8 Å². The van der Waals surface area contributed by atoms with E-state index in [-0.39, 0.29) is 11.9 Å². The standard InChI is InChI=1S/C13H13N3O3/c17-11(10-6-3-7-14-10)15-16-12(18)8-4-1-2-5-9(8)13(16)19/h1-2,4-5,10,14H,3,6-7H2,(H,15,17)/t10-/m0/s1. The Balaban J connectivity index is 1.78. The number of fused-ring (bicyclic) bond motifs is 1. The van der Waals surface area contributed by atoms with Crippen LogP contribution in [0.15, 0.2) is 24.3 Å². The summed E-state index contributed by atoms with van der Waals surface area (Å²) in [6.07, 6.45) is 1.63. The molecule has 1 aromatic carbocycles. The molecule has 0 spiro atoms. The summed E-state index contributed by atoms with van der Waals surface area (Å²) in [5.41, 5.74) is 3.05. The molecular formula is C13H13N3O3. The number of benzene rings is 1. The number of imide groups is 1. The molecule has 2 N–H and O–H groups in total. The van der Waals surface area contributed by atoms with Crippen LogP contribution in [0.3, 0.4) is 0 Å². The molecule has 0 radical (unpaired) electrons. The van der Waals surface area contributed by atoms with Crippen LogP contribution in [-0.2, 0) is 4.79 Å². The van der Waals surface area contributed by atoms with E-state index in [4.69, 9.17) is 0 Å². The van der Waals surface area contributed by atoms with Crippen LogP contribution in [0.4, 0.5) is 0 Å². The number of rotatable bonds is 2. The highest BCUT2D eigenvalue weighted by Crippen LogP contribution is 2.20. The van der Waals surface area contributed by atoms with Gasteiger partial charge in [-0.3, -0.25) is 19.8 Å². The Morgan fingerprint density at radius 2 is 1.84 bits per heavy atom. The van der Waals surface area contributed by atoms with Gasteiger partial charge in [0.15, 0.2) is 0 Å². The second kappa shape index (κ2) is 4.47. The third-order valence-corrected chi connectivity index (χ3v) is 3.39. The number of hydrogen-bond donors (Lipinski definition) is 2. The van der Waals surface area contributed by atoms with Gasteiger partial charge in [-0.2, -0.15) is 5.01 Å². The van der Waals surface area contributed by atoms with E-state index in [0.29, 0.717) is 11.1 Å². The zero-order chi connectivity index (χ0) is 13.4. The Labute approximate surface area is 109 Å². The zero-order valence-corrected chi connectivity index (χ0v) is 10.2. The average Bonchev–Trinajstić information content (AvgIpc) is 3.03. The lowest BCUT2D eigenvalue weighted by atomic mass is 10.1. The molecule has 1 fully saturated rings. The molecule has 98 valence electrons. The first-order valence-corrected chi connectivity index (χ1v) is 6.20. The highest BCUT2D eigenvalue weighted by Gasteiger charge is 2.37. The molecule has 2 aliphatic rings. The second-order valence-corrected chi connectivity index (χ2v) is 4.62. The first-order valence-electron chi connectivity index (χ1n) is 6.20. The van der Waals surface area contributed by atoms with Crippen LogP contribution >= 0.6 is 0 Å². The fourth-order valence-electron chi connectivity index (χ4n) is 2.39. The molecule has 0 aromatic heterocycles. The number of carbonyl (C=O) groups excluding carboxylic acids is 3. The first kappa shape index (κ1) is 11.9. The van der Waals surface area contributed by atoms with Gasteiger partial charge in [0.25, 0.3) is 17.7 Å². The van der Waals surface area contributed by atoms with Crippen LogP contribution in [0.5, 0.6) is 0 Å². The minimum Gasteiger partial charge on any atom is -0.306 e. The second-order valence-electron chi connectivity index (χ2n) is 4.62. The Morgan fingerprint density at radius 1 is 1.21 bits per heavy atom. The quantitative estimate of drug-likeness (QED) is 0.736. The molecule has 0 aliphatic carbocycles. The van der Waals surface area contributed by atoms with Crippen molar-refractivity contribution in [3.05, 3.63) is 35.4 Å². The number of hydrogen-bond acceptors (Lipinski definition) is 4. The summed E-state index contributed by atoms with van der Waals surface area (Å²) in [5, 5.41) is 3.82. The van der Waals surface area contributed by atoms with Crippen molar-refractivity contribution in [2.24, 2.45) is 0 Å². The summed E-state index contributed by atoms with van der Waals surface area (Å²) in [5.74, 6) is -1.30. The van der Waals surface area contributed by atoms with E-state index in [1.165, 1.54) is 0 Å². The van der Waals surface area contributed by atoms with Gasteiger partial charge in [-0.15, -0.1) is 0 Å². The van der Waals surface area contributed by atoms with Crippen LogP contribution in [0.2, 0.25) is 0 Å². The third-order valence-electron chi connectivity index (χ3n) is 3.39. The van der Waals surface area contributed by atoms with Gasteiger partial charge in [0.1, 0.15) is 0 Å². The summed E-state index contributed by atoms with van der Waals surface area (Å²) >= 11 is 0. The predicted molar refractivity (Wildman–Crippen MR) is 66.1 cm³/mol. The average molecular weight is 259 g/mol. The molecule has 1 atom stereocenters. The van der Waals surface area contributed by atoms with Crippen LogP contribution in [0, 0.1) is 0 Å². The number of carbonyl (C=O) groups is 3. The van der Waals surface area contributed by atoms with Crippen molar-refractivity contribution >= 4 is 17.7 Å². The van der Waals surface area contributed by atoms with Crippen molar-refractivity contribution in [2.75, 3.05) is 6.54 Å². The van der Waals surface area contributed by atoms with Gasteiger partial charge in [-0.25, -0.2) is 0 Å². The maximum Gasteiger partial charge on any atom is 0.280 e. The molecule has 6 nitrogen and oxygen atoms in total. The van der Waals surface area contributed by atoms with E-state index in [2.05, 4.69) is 10.7 Å². The van der Waals surface area contributed by atoms with Gasteiger partial charge in [-0.1, -0.05) is 12.1 Å². The largest absolute Gasteiger partial charge is 0.306 e. The van der Waals surface area contributed by atoms with Crippen LogP contribution in [0.25, 0.3) is 0 Å². The monoisotopic (exact) mass is 259 g/mol. The highest BCUT2D eigenvalue weighted by molar-refractivity contribution is 6.21. The fourth-order valence-corrected chi connectivity index (χ4v) is 2.39. The Hall–Kier alpha value is -2.21. The van der Waals surface area contributed by atoms with Gasteiger partial charge in [-0.05, 0) is 31.5 Å². The molecule has 6 heteroatoms. The number of nitrogens with one attached hydrogen (secondary N) is 2. The summed E-state index contributed by atoms with van der Waals surface area (Å²) in [6, 6.07) is 6.21. The lowest BCUT2D eigenvalue weighted by molar-refractivity contribution is -0.125. The molecule has 0 saturated carbocycles. The molecule has 19 heavy (non-hydrogen) atoms. The van der Waals surface area contributed by atoms with Crippen LogP contribution < -0.4 is 10.7 Å². The maximum absolute atomic E-state index is 12.0. The van der Waals surface area contributed by atoms with E-state index in [1.807, 2.05) is 0 Å². The van der Waals surface area contributed by atoms with Gasteiger partial charge < -0.3 is 5.32 Å². The van der Waals surface area contributed by atoms with Crippen LogP contribution in [-0.4, -0.2) is 35.3 Å². The zero-order valence-electron chi connectivity index (χ0n) is 10.2. The summed E-state index contributed by atoms with van der Waals surface area (Å²) < 4.78 is 0. The van der Waals surface area contributed by atoms with Crippen LogP contribution in [0.1, 0.15) is 33.6 Å². The summed E-state index contributed by atoms with van der Waals surface area (Å²) in [7, 11) is 0. The third kappa shape index (κ3) is 1.90. The molecular weight excluding hydrogens is 246 g/mol. The number of nitrogens with zero attached hydrogens (tertiary/aromatic N) is 1. The minimum atomic E-state index is -0.480. The molecule has 0 bridgehead atoms. The van der Waals surface area contributed by atoms with E-state index in [0.717, 1.165) is 24.4 Å². The van der Waals surface area contributed by atoms with Crippen molar-refractivity contribution < 1.29 is 14.4 Å². The van der Waals surface area contributed by atoms with Gasteiger partial charge in [0, 0.05) is 0 Å². The molecule has 2 heterocycles. The smallest absolute Gasteiger partial charge is 0.280 e. The highest BCUT2D eigenvalue weighted by atomic mass is 16.2. The lowest BCUT2D eigenvalue weighted by Crippen LogP contribution is -2.51.